The van der Waals surface area contributed by atoms with Gasteiger partial charge in [-0.25, -0.2) is 0 Å². The third-order valence-electron chi connectivity index (χ3n) is 6.76. The Bertz CT molecular complexity index is 516. The van der Waals surface area contributed by atoms with E-state index >= 15 is 0 Å². The lowest BCUT2D eigenvalue weighted by atomic mass is 10.0. The van der Waals surface area contributed by atoms with Crippen molar-refractivity contribution in [3.8, 4) is 0 Å². The van der Waals surface area contributed by atoms with Gasteiger partial charge >= 0.3 is 7.60 Å². The summed E-state index contributed by atoms with van der Waals surface area (Å²) in [6, 6.07) is 0. The first-order valence-electron chi connectivity index (χ1n) is 14.7. The highest BCUT2D eigenvalue weighted by Gasteiger charge is 2.41. The van der Waals surface area contributed by atoms with Gasteiger partial charge in [0.1, 0.15) is 0 Å². The van der Waals surface area contributed by atoms with Crippen LogP contribution in [0, 0.1) is 0 Å². The van der Waals surface area contributed by atoms with Crippen molar-refractivity contribution < 1.29 is 18.5 Å². The van der Waals surface area contributed by atoms with Crippen LogP contribution in [0.15, 0.2) is 12.2 Å². The van der Waals surface area contributed by atoms with E-state index in [-0.39, 0.29) is 5.78 Å². The molecule has 0 saturated carbocycles. The maximum Gasteiger partial charge on any atom is 0.385 e. The van der Waals surface area contributed by atoms with Crippen LogP contribution in [0.5, 0.6) is 0 Å². The molecule has 2 unspecified atom stereocenters. The van der Waals surface area contributed by atoms with Gasteiger partial charge in [0, 0.05) is 6.42 Å². The van der Waals surface area contributed by atoms with Crippen molar-refractivity contribution in [2.75, 3.05) is 27.7 Å². The monoisotopic (exact) mass is 502 g/mol. The largest absolute Gasteiger partial charge is 0.385 e. The van der Waals surface area contributed by atoms with E-state index in [0.29, 0.717) is 17.5 Å². The molecule has 1 N–H and O–H groups in total. The SMILES string of the molecule is CCC=CCCCCCCCCCCCCCCCCCCOP(=O)(O)C(CCC)[N+](C)(C)C. The van der Waals surface area contributed by atoms with E-state index in [1.54, 1.807) is 0 Å². The molecule has 34 heavy (non-hydrogen) atoms. The molecule has 0 aliphatic heterocycles. The molecular formula is C29H61NO3P+. The molecule has 5 heteroatoms. The summed E-state index contributed by atoms with van der Waals surface area (Å²) in [4.78, 5) is 10.4. The number of rotatable bonds is 25. The third kappa shape index (κ3) is 20.1. The van der Waals surface area contributed by atoms with Crippen LogP contribution in [0.2, 0.25) is 0 Å². The van der Waals surface area contributed by atoms with E-state index in [9.17, 15) is 9.46 Å². The molecule has 4 nitrogen and oxygen atoms in total. The van der Waals surface area contributed by atoms with Gasteiger partial charge in [0.15, 0.2) is 5.78 Å². The average molecular weight is 503 g/mol. The summed E-state index contributed by atoms with van der Waals surface area (Å²) in [7, 11) is 2.36. The van der Waals surface area contributed by atoms with Gasteiger partial charge in [0.05, 0.1) is 27.7 Å². The van der Waals surface area contributed by atoms with Crippen molar-refractivity contribution in [2.45, 2.75) is 148 Å². The summed E-state index contributed by atoms with van der Waals surface area (Å²) in [5.41, 5.74) is 0. The normalized spacial score (nSPS) is 15.1. The van der Waals surface area contributed by atoms with Crippen LogP contribution in [-0.2, 0) is 9.09 Å². The molecule has 0 radical (unpaired) electrons. The summed E-state index contributed by atoms with van der Waals surface area (Å²) in [6.45, 7) is 4.66. The van der Waals surface area contributed by atoms with Gasteiger partial charge in [-0.3, -0.25) is 4.57 Å². The van der Waals surface area contributed by atoms with Crippen LogP contribution in [0.1, 0.15) is 142 Å². The van der Waals surface area contributed by atoms with Gasteiger partial charge in [-0.05, 0) is 32.1 Å². The number of allylic oxidation sites excluding steroid dienone is 2. The Kier molecular flexibility index (Phi) is 22.0. The molecule has 0 heterocycles. The Labute approximate surface area is 214 Å². The van der Waals surface area contributed by atoms with Crippen molar-refractivity contribution >= 4 is 7.60 Å². The predicted molar refractivity (Wildman–Crippen MR) is 150 cm³/mol. The van der Waals surface area contributed by atoms with Gasteiger partial charge in [-0.2, -0.15) is 0 Å². The Morgan fingerprint density at radius 2 is 1.12 bits per heavy atom. The first kappa shape index (κ1) is 33.8. The Morgan fingerprint density at radius 3 is 1.50 bits per heavy atom. The lowest BCUT2D eigenvalue weighted by Crippen LogP contribution is -2.45. The van der Waals surface area contributed by atoms with Crippen molar-refractivity contribution in [3.05, 3.63) is 12.2 Å². The second-order valence-corrected chi connectivity index (χ2v) is 13.1. The second kappa shape index (κ2) is 22.1. The van der Waals surface area contributed by atoms with Crippen molar-refractivity contribution in [2.24, 2.45) is 0 Å². The van der Waals surface area contributed by atoms with Crippen LogP contribution in [0.3, 0.4) is 0 Å². The smallest absolute Gasteiger partial charge is 0.320 e. The fourth-order valence-electron chi connectivity index (χ4n) is 4.65. The van der Waals surface area contributed by atoms with Gasteiger partial charge in [0.2, 0.25) is 0 Å². The van der Waals surface area contributed by atoms with Crippen LogP contribution in [0.4, 0.5) is 0 Å². The molecule has 2 atom stereocenters. The molecule has 0 aliphatic carbocycles. The van der Waals surface area contributed by atoms with E-state index in [1.165, 1.54) is 103 Å². The van der Waals surface area contributed by atoms with E-state index in [0.717, 1.165) is 19.3 Å². The van der Waals surface area contributed by atoms with E-state index in [1.807, 2.05) is 21.1 Å². The van der Waals surface area contributed by atoms with Crippen LogP contribution in [0.25, 0.3) is 0 Å². The second-order valence-electron chi connectivity index (χ2n) is 11.1. The maximum atomic E-state index is 12.7. The van der Waals surface area contributed by atoms with E-state index in [4.69, 9.17) is 4.52 Å². The first-order valence-corrected chi connectivity index (χ1v) is 16.3. The molecule has 0 amide bonds. The molecule has 0 aromatic carbocycles. The van der Waals surface area contributed by atoms with Crippen LogP contribution < -0.4 is 0 Å². The van der Waals surface area contributed by atoms with Crippen LogP contribution >= 0.6 is 7.60 Å². The highest BCUT2D eigenvalue weighted by atomic mass is 31.2. The fraction of sp³-hybridized carbons (Fsp3) is 0.931. The summed E-state index contributed by atoms with van der Waals surface area (Å²) >= 11 is 0. The number of hydrogen-bond acceptors (Lipinski definition) is 2. The minimum Gasteiger partial charge on any atom is -0.320 e. The van der Waals surface area contributed by atoms with Gasteiger partial charge in [-0.15, -0.1) is 0 Å². The molecule has 0 spiro atoms. The molecule has 0 bridgehead atoms. The fourth-order valence-corrected chi connectivity index (χ4v) is 6.67. The summed E-state index contributed by atoms with van der Waals surface area (Å²) in [6.07, 6.45) is 29.9. The Morgan fingerprint density at radius 1 is 0.706 bits per heavy atom. The van der Waals surface area contributed by atoms with Gasteiger partial charge < -0.3 is 13.9 Å². The zero-order valence-electron chi connectivity index (χ0n) is 23.7. The Hall–Kier alpha value is -0.150. The molecule has 0 rings (SSSR count). The molecule has 0 fully saturated rings. The molecule has 204 valence electrons. The van der Waals surface area contributed by atoms with Gasteiger partial charge in [-0.1, -0.05) is 116 Å². The highest BCUT2D eigenvalue weighted by Crippen LogP contribution is 2.51. The standard InChI is InChI=1S/C29H60NO3P/c1-6-8-9-10-11-12-13-14-15-16-17-18-19-20-21-22-23-24-25-26-28-33-34(31,32)29(27-7-2)30(3,4)5/h8-9,29H,6-7,10-28H2,1-5H3/p+1. The quantitative estimate of drug-likeness (QED) is 0.0585. The average Bonchev–Trinajstić information content (AvgIpc) is 2.77. The lowest BCUT2D eigenvalue weighted by molar-refractivity contribution is -0.883. The van der Waals surface area contributed by atoms with Crippen molar-refractivity contribution in [1.82, 2.24) is 0 Å². The molecule has 0 aromatic heterocycles. The molecule has 0 aromatic rings. The van der Waals surface area contributed by atoms with Crippen molar-refractivity contribution in [1.29, 1.82) is 0 Å². The minimum atomic E-state index is -3.57. The van der Waals surface area contributed by atoms with Crippen molar-refractivity contribution in [3.63, 3.8) is 0 Å². The predicted octanol–water partition coefficient (Wildman–Crippen LogP) is 9.62. The lowest BCUT2D eigenvalue weighted by Gasteiger charge is -2.35. The molecule has 0 aliphatic rings. The minimum absolute atomic E-state index is 0.333. The highest BCUT2D eigenvalue weighted by molar-refractivity contribution is 7.53. The van der Waals surface area contributed by atoms with Gasteiger partial charge in [0.25, 0.3) is 0 Å². The summed E-state index contributed by atoms with van der Waals surface area (Å²) < 4.78 is 18.6. The zero-order valence-corrected chi connectivity index (χ0v) is 24.6. The summed E-state index contributed by atoms with van der Waals surface area (Å²) in [5.74, 6) is -0.333. The topological polar surface area (TPSA) is 46.5 Å². The summed E-state index contributed by atoms with van der Waals surface area (Å²) in [5, 5.41) is 0. The number of unbranched alkanes of at least 4 members (excludes halogenated alkanes) is 16. The van der Waals surface area contributed by atoms with E-state index < -0.39 is 7.60 Å². The third-order valence-corrected chi connectivity index (χ3v) is 9.02. The van der Waals surface area contributed by atoms with E-state index in [2.05, 4.69) is 26.0 Å². The number of nitrogens with zero attached hydrogens (tertiary/aromatic N) is 1. The number of quaternary nitrogens is 1. The molecular weight excluding hydrogens is 441 g/mol. The zero-order chi connectivity index (χ0) is 25.5. The maximum absolute atomic E-state index is 12.7. The first-order chi connectivity index (χ1) is 16.3. The Balaban J connectivity index is 3.44. The number of hydrogen-bond donors (Lipinski definition) is 1. The van der Waals surface area contributed by atoms with Crippen LogP contribution in [-0.4, -0.2) is 42.9 Å². The molecule has 0 saturated heterocycles.